The Labute approximate surface area is 190 Å². The molecule has 0 spiro atoms. The van der Waals surface area contributed by atoms with E-state index in [1.807, 2.05) is 0 Å². The number of carboxylic acids is 1. The molecule has 2 nitrogen and oxygen atoms in total. The van der Waals surface area contributed by atoms with E-state index in [0.717, 1.165) is 31.6 Å². The Morgan fingerprint density at radius 3 is 2.23 bits per heavy atom. The third-order valence-corrected chi connectivity index (χ3v) is 12.4. The Morgan fingerprint density at radius 2 is 1.58 bits per heavy atom. The second kappa shape index (κ2) is 6.29. The van der Waals surface area contributed by atoms with Gasteiger partial charge in [-0.3, -0.25) is 4.79 Å². The molecule has 5 aliphatic carbocycles. The van der Waals surface area contributed by atoms with E-state index in [9.17, 15) is 9.90 Å². The van der Waals surface area contributed by atoms with E-state index in [4.69, 9.17) is 0 Å². The highest BCUT2D eigenvalue weighted by molar-refractivity contribution is 5.76. The predicted molar refractivity (Wildman–Crippen MR) is 127 cm³/mol. The number of allylic oxidation sites excluding steroid dienone is 3. The van der Waals surface area contributed by atoms with E-state index >= 15 is 0 Å². The zero-order valence-electron chi connectivity index (χ0n) is 20.8. The molecule has 0 aromatic heterocycles. The van der Waals surface area contributed by atoms with Crippen molar-refractivity contribution in [3.8, 4) is 0 Å². The molecule has 2 heteroatoms. The van der Waals surface area contributed by atoms with Crippen LogP contribution in [0.2, 0.25) is 0 Å². The Hall–Kier alpha value is -1.05. The molecule has 0 aliphatic heterocycles. The van der Waals surface area contributed by atoms with Gasteiger partial charge in [-0.1, -0.05) is 58.9 Å². The van der Waals surface area contributed by atoms with Crippen LogP contribution in [0.5, 0.6) is 0 Å². The van der Waals surface area contributed by atoms with Crippen LogP contribution in [-0.4, -0.2) is 11.1 Å². The molecule has 4 fully saturated rings. The van der Waals surface area contributed by atoms with E-state index in [-0.39, 0.29) is 16.7 Å². The Bertz CT molecular complexity index is 853. The largest absolute Gasteiger partial charge is 0.481 e. The number of hydrogen-bond acceptors (Lipinski definition) is 1. The summed E-state index contributed by atoms with van der Waals surface area (Å²) in [6, 6.07) is 0. The lowest BCUT2D eigenvalue weighted by Gasteiger charge is -2.70. The van der Waals surface area contributed by atoms with Gasteiger partial charge in [0, 0.05) is 0 Å². The minimum atomic E-state index is -0.522. The summed E-state index contributed by atoms with van der Waals surface area (Å²) < 4.78 is 0. The van der Waals surface area contributed by atoms with Gasteiger partial charge in [-0.2, -0.15) is 0 Å². The molecule has 0 radical (unpaired) electrons. The summed E-state index contributed by atoms with van der Waals surface area (Å²) in [5.41, 5.74) is 1.82. The molecule has 0 aromatic rings. The van der Waals surface area contributed by atoms with Crippen LogP contribution in [0.1, 0.15) is 92.9 Å². The maximum Gasteiger partial charge on any atom is 0.309 e. The van der Waals surface area contributed by atoms with Crippen molar-refractivity contribution in [3.05, 3.63) is 24.3 Å². The summed E-state index contributed by atoms with van der Waals surface area (Å²) in [7, 11) is 0. The molecule has 172 valence electrons. The summed E-state index contributed by atoms with van der Waals surface area (Å²) in [5.74, 6) is 2.11. The van der Waals surface area contributed by atoms with Gasteiger partial charge < -0.3 is 5.11 Å². The Balaban J connectivity index is 1.58. The van der Waals surface area contributed by atoms with E-state index in [2.05, 4.69) is 60.3 Å². The number of rotatable bonds is 2. The fourth-order valence-corrected chi connectivity index (χ4v) is 10.7. The minimum absolute atomic E-state index is 0.228. The first-order valence-corrected chi connectivity index (χ1v) is 12.9. The smallest absolute Gasteiger partial charge is 0.309 e. The fourth-order valence-electron chi connectivity index (χ4n) is 10.7. The monoisotopic (exact) mass is 424 g/mol. The Morgan fingerprint density at radius 1 is 0.871 bits per heavy atom. The number of carbonyl (C=O) groups is 1. The summed E-state index contributed by atoms with van der Waals surface area (Å²) in [5, 5.41) is 10.5. The average molecular weight is 425 g/mol. The SMILES string of the molecule is C=C(C)C1CC[C@]2(C(=O)O)CC[C@]3(C)C(CCC4[C@@]5(C)C=CC(C)(C)C5CC[C@]43C)C12. The lowest BCUT2D eigenvalue weighted by molar-refractivity contribution is -0.216. The van der Waals surface area contributed by atoms with Crippen LogP contribution in [0, 0.1) is 56.7 Å². The standard InChI is InChI=1S/C29H44O2/c1-18(2)19-10-13-29(24(30)31)17-16-27(6)20(23(19)29)8-9-22-26(5)15-14-25(3,4)21(26)11-12-28(22,27)7/h14-15,19-23H,1,8-13,16-17H2,2-7H3,(H,30,31)/t19?,20?,21?,22?,23?,26-,27+,28+,29-/m0/s1. The van der Waals surface area contributed by atoms with Gasteiger partial charge in [0.05, 0.1) is 5.41 Å². The molecule has 31 heavy (non-hydrogen) atoms. The molecule has 0 saturated heterocycles. The second-order valence-corrected chi connectivity index (χ2v) is 13.7. The number of carboxylic acid groups (broad SMARTS) is 1. The number of aliphatic carboxylic acids is 1. The summed E-state index contributed by atoms with van der Waals surface area (Å²) >= 11 is 0. The maximum absolute atomic E-state index is 12.7. The third-order valence-electron chi connectivity index (χ3n) is 12.4. The first-order valence-electron chi connectivity index (χ1n) is 12.9. The van der Waals surface area contributed by atoms with Crippen molar-refractivity contribution in [1.29, 1.82) is 0 Å². The van der Waals surface area contributed by atoms with Crippen molar-refractivity contribution in [2.75, 3.05) is 0 Å². The lowest BCUT2D eigenvalue weighted by atomic mass is 9.34. The summed E-state index contributed by atoms with van der Waals surface area (Å²) in [6.07, 6.45) is 14.0. The van der Waals surface area contributed by atoms with Gasteiger partial charge in [0.25, 0.3) is 0 Å². The zero-order valence-corrected chi connectivity index (χ0v) is 20.8. The lowest BCUT2D eigenvalue weighted by Crippen LogP contribution is -2.64. The highest BCUT2D eigenvalue weighted by atomic mass is 16.4. The van der Waals surface area contributed by atoms with Gasteiger partial charge >= 0.3 is 5.97 Å². The molecule has 5 unspecified atom stereocenters. The van der Waals surface area contributed by atoms with Crippen molar-refractivity contribution in [2.24, 2.45) is 56.7 Å². The molecule has 0 amide bonds. The molecule has 1 N–H and O–H groups in total. The zero-order chi connectivity index (χ0) is 22.6. The van der Waals surface area contributed by atoms with Gasteiger partial charge in [0.15, 0.2) is 0 Å². The maximum atomic E-state index is 12.7. The molecule has 4 saturated carbocycles. The summed E-state index contributed by atoms with van der Waals surface area (Å²) in [6.45, 7) is 19.1. The first kappa shape index (κ1) is 21.8. The highest BCUT2D eigenvalue weighted by Gasteiger charge is 2.71. The molecule has 0 heterocycles. The Kier molecular flexibility index (Phi) is 4.42. The first-order chi connectivity index (χ1) is 14.3. The second-order valence-electron chi connectivity index (χ2n) is 13.7. The van der Waals surface area contributed by atoms with Crippen molar-refractivity contribution in [1.82, 2.24) is 0 Å². The van der Waals surface area contributed by atoms with Crippen LogP contribution >= 0.6 is 0 Å². The molecule has 5 rings (SSSR count). The van der Waals surface area contributed by atoms with Crippen molar-refractivity contribution < 1.29 is 9.90 Å². The van der Waals surface area contributed by atoms with E-state index in [1.165, 1.54) is 31.3 Å². The normalized spacial score (nSPS) is 54.5. The quantitative estimate of drug-likeness (QED) is 0.466. The van der Waals surface area contributed by atoms with Crippen LogP contribution < -0.4 is 0 Å². The molecule has 0 bridgehead atoms. The molecule has 9 atom stereocenters. The molecular weight excluding hydrogens is 380 g/mol. The van der Waals surface area contributed by atoms with Crippen LogP contribution in [0.15, 0.2) is 24.3 Å². The fraction of sp³-hybridized carbons (Fsp3) is 0.828. The molecular formula is C29H44O2. The number of hydrogen-bond donors (Lipinski definition) is 1. The topological polar surface area (TPSA) is 37.3 Å². The van der Waals surface area contributed by atoms with Crippen LogP contribution in [-0.2, 0) is 4.79 Å². The van der Waals surface area contributed by atoms with E-state index < -0.39 is 11.4 Å². The third kappa shape index (κ3) is 2.43. The average Bonchev–Trinajstić information content (AvgIpc) is 3.19. The number of fused-ring (bicyclic) bond motifs is 7. The van der Waals surface area contributed by atoms with Crippen molar-refractivity contribution in [3.63, 3.8) is 0 Å². The molecule has 0 aromatic carbocycles. The van der Waals surface area contributed by atoms with Crippen molar-refractivity contribution in [2.45, 2.75) is 92.9 Å². The van der Waals surface area contributed by atoms with Gasteiger partial charge in [-0.05, 0) is 110 Å². The van der Waals surface area contributed by atoms with Gasteiger partial charge in [0.2, 0.25) is 0 Å². The predicted octanol–water partition coefficient (Wildman–Crippen LogP) is 7.50. The van der Waals surface area contributed by atoms with Crippen LogP contribution in [0.25, 0.3) is 0 Å². The van der Waals surface area contributed by atoms with Gasteiger partial charge in [-0.15, -0.1) is 0 Å². The van der Waals surface area contributed by atoms with Crippen molar-refractivity contribution >= 4 is 5.97 Å². The van der Waals surface area contributed by atoms with E-state index in [0.29, 0.717) is 28.6 Å². The van der Waals surface area contributed by atoms with Crippen LogP contribution in [0.4, 0.5) is 0 Å². The van der Waals surface area contributed by atoms with E-state index in [1.54, 1.807) is 0 Å². The van der Waals surface area contributed by atoms with Crippen LogP contribution in [0.3, 0.4) is 0 Å². The highest BCUT2D eigenvalue weighted by Crippen LogP contribution is 2.77. The van der Waals surface area contributed by atoms with Gasteiger partial charge in [0.1, 0.15) is 0 Å². The summed E-state index contributed by atoms with van der Waals surface area (Å²) in [4.78, 5) is 12.7. The molecule has 5 aliphatic rings. The minimum Gasteiger partial charge on any atom is -0.481 e. The van der Waals surface area contributed by atoms with Gasteiger partial charge in [-0.25, -0.2) is 0 Å².